The Balaban J connectivity index is 1.99. The molecule has 2 aromatic rings. The molecule has 4 atom stereocenters. The van der Waals surface area contributed by atoms with Gasteiger partial charge in [-0.2, -0.15) is 0 Å². The lowest BCUT2D eigenvalue weighted by atomic mass is 9.57. The van der Waals surface area contributed by atoms with Crippen LogP contribution in [0.25, 0.3) is 0 Å². The molecule has 24 heavy (non-hydrogen) atoms. The van der Waals surface area contributed by atoms with Crippen LogP contribution >= 0.6 is 0 Å². The maximum Gasteiger partial charge on any atom is 0.163 e. The van der Waals surface area contributed by atoms with E-state index in [1.54, 1.807) is 0 Å². The molecule has 2 aromatic carbocycles. The Morgan fingerprint density at radius 3 is 2.25 bits per heavy atom. The fourth-order valence-electron chi connectivity index (χ4n) is 4.24. The number of carbonyl (C=O) groups excluding carboxylic acids is 1. The van der Waals surface area contributed by atoms with Gasteiger partial charge < -0.3 is 5.11 Å². The normalized spacial score (nSPS) is 30.0. The summed E-state index contributed by atoms with van der Waals surface area (Å²) in [7, 11) is 0. The first-order valence-corrected chi connectivity index (χ1v) is 8.86. The van der Waals surface area contributed by atoms with Gasteiger partial charge in [-0.15, -0.1) is 0 Å². The maximum absolute atomic E-state index is 12.9. The number of carbonyl (C=O) groups is 1. The fraction of sp³-hybridized carbons (Fsp3) is 0.409. The molecule has 1 saturated carbocycles. The van der Waals surface area contributed by atoms with Crippen molar-refractivity contribution in [2.75, 3.05) is 0 Å². The Hall–Kier alpha value is -1.93. The van der Waals surface area contributed by atoms with Crippen molar-refractivity contribution in [2.45, 2.75) is 44.6 Å². The number of aliphatic hydroxyl groups is 1. The molecule has 0 bridgehead atoms. The highest BCUT2D eigenvalue weighted by molar-refractivity contribution is 5.97. The summed E-state index contributed by atoms with van der Waals surface area (Å²) in [5.41, 5.74) is 1.64. The molecule has 0 saturated heterocycles. The van der Waals surface area contributed by atoms with E-state index in [4.69, 9.17) is 0 Å². The monoisotopic (exact) mass is 322 g/mol. The van der Waals surface area contributed by atoms with Crippen LogP contribution in [0, 0.1) is 11.8 Å². The summed E-state index contributed by atoms with van der Waals surface area (Å²) in [6, 6.07) is 19.8. The van der Waals surface area contributed by atoms with Gasteiger partial charge in [-0.25, -0.2) is 0 Å². The van der Waals surface area contributed by atoms with Crippen molar-refractivity contribution in [2.24, 2.45) is 11.8 Å². The molecular formula is C22H26O2. The van der Waals surface area contributed by atoms with Crippen LogP contribution in [0.4, 0.5) is 0 Å². The number of aliphatic hydroxyl groups excluding tert-OH is 1. The zero-order valence-corrected chi connectivity index (χ0v) is 14.5. The lowest BCUT2D eigenvalue weighted by Crippen LogP contribution is -2.48. The van der Waals surface area contributed by atoms with E-state index < -0.39 is 0 Å². The van der Waals surface area contributed by atoms with Gasteiger partial charge in [-0.3, -0.25) is 4.79 Å². The highest BCUT2D eigenvalue weighted by Gasteiger charge is 2.47. The second-order valence-corrected chi connectivity index (χ2v) is 7.28. The van der Waals surface area contributed by atoms with Gasteiger partial charge in [0.15, 0.2) is 5.78 Å². The van der Waals surface area contributed by atoms with Crippen molar-refractivity contribution in [3.63, 3.8) is 0 Å². The van der Waals surface area contributed by atoms with Crippen LogP contribution in [-0.2, 0) is 5.41 Å². The minimum Gasteiger partial charge on any atom is -0.393 e. The van der Waals surface area contributed by atoms with E-state index in [1.807, 2.05) is 48.5 Å². The predicted octanol–water partition coefficient (Wildman–Crippen LogP) is 4.62. The molecule has 4 unspecified atom stereocenters. The third-order valence-electron chi connectivity index (χ3n) is 5.93. The van der Waals surface area contributed by atoms with E-state index >= 15 is 0 Å². The van der Waals surface area contributed by atoms with Gasteiger partial charge in [0.1, 0.15) is 0 Å². The lowest BCUT2D eigenvalue weighted by Gasteiger charge is -2.48. The summed E-state index contributed by atoms with van der Waals surface area (Å²) in [5, 5.41) is 10.7. The summed E-state index contributed by atoms with van der Waals surface area (Å²) in [6.07, 6.45) is 1.96. The number of Topliss-reactive ketones (excluding diaryl/α,β-unsaturated/α-hetero) is 1. The molecule has 1 fully saturated rings. The van der Waals surface area contributed by atoms with Gasteiger partial charge in [0.05, 0.1) is 6.10 Å². The molecule has 1 aliphatic rings. The third kappa shape index (κ3) is 3.03. The van der Waals surface area contributed by atoms with Gasteiger partial charge in [0, 0.05) is 17.4 Å². The molecule has 0 radical (unpaired) electrons. The van der Waals surface area contributed by atoms with Gasteiger partial charge in [0.25, 0.3) is 0 Å². The first-order valence-electron chi connectivity index (χ1n) is 8.86. The number of ketones is 1. The van der Waals surface area contributed by atoms with Crippen molar-refractivity contribution >= 4 is 5.78 Å². The van der Waals surface area contributed by atoms with Crippen LogP contribution < -0.4 is 0 Å². The molecule has 0 heterocycles. The topological polar surface area (TPSA) is 37.3 Å². The van der Waals surface area contributed by atoms with E-state index in [0.29, 0.717) is 6.42 Å². The molecular weight excluding hydrogens is 296 g/mol. The molecule has 0 amide bonds. The van der Waals surface area contributed by atoms with Crippen LogP contribution in [0.1, 0.15) is 49.0 Å². The SMILES string of the molecule is CC1CCC(CC(=O)c2ccccc2)(c2ccccc2)C(C)C1O. The van der Waals surface area contributed by atoms with E-state index in [-0.39, 0.29) is 29.1 Å². The molecule has 1 N–H and O–H groups in total. The zero-order chi connectivity index (χ0) is 17.2. The van der Waals surface area contributed by atoms with Crippen LogP contribution in [-0.4, -0.2) is 17.0 Å². The molecule has 1 aliphatic carbocycles. The minimum absolute atomic E-state index is 0.0521. The molecule has 2 heteroatoms. The minimum atomic E-state index is -0.373. The Morgan fingerprint density at radius 2 is 1.62 bits per heavy atom. The summed E-state index contributed by atoms with van der Waals surface area (Å²) in [6.45, 7) is 4.21. The lowest BCUT2D eigenvalue weighted by molar-refractivity contribution is -0.0168. The van der Waals surface area contributed by atoms with Crippen LogP contribution in [0.2, 0.25) is 0 Å². The quantitative estimate of drug-likeness (QED) is 0.834. The summed E-state index contributed by atoms with van der Waals surface area (Å²) in [4.78, 5) is 12.9. The maximum atomic E-state index is 12.9. The van der Waals surface area contributed by atoms with E-state index in [0.717, 1.165) is 18.4 Å². The second kappa shape index (κ2) is 6.90. The fourth-order valence-corrected chi connectivity index (χ4v) is 4.24. The predicted molar refractivity (Wildman–Crippen MR) is 97.1 cm³/mol. The summed E-state index contributed by atoms with van der Waals surface area (Å²) < 4.78 is 0. The third-order valence-corrected chi connectivity index (χ3v) is 5.93. The first kappa shape index (κ1) is 16.9. The molecule has 2 nitrogen and oxygen atoms in total. The van der Waals surface area contributed by atoms with E-state index in [9.17, 15) is 9.90 Å². The second-order valence-electron chi connectivity index (χ2n) is 7.28. The zero-order valence-electron chi connectivity index (χ0n) is 14.5. The van der Waals surface area contributed by atoms with Crippen molar-refractivity contribution < 1.29 is 9.90 Å². The smallest absolute Gasteiger partial charge is 0.163 e. The van der Waals surface area contributed by atoms with Gasteiger partial charge in [-0.1, -0.05) is 74.5 Å². The number of hydrogen-bond donors (Lipinski definition) is 1. The van der Waals surface area contributed by atoms with Gasteiger partial charge in [0.2, 0.25) is 0 Å². The highest BCUT2D eigenvalue weighted by atomic mass is 16.3. The summed E-state index contributed by atoms with van der Waals surface area (Å²) >= 11 is 0. The first-order chi connectivity index (χ1) is 11.5. The summed E-state index contributed by atoms with van der Waals surface area (Å²) in [5.74, 6) is 0.494. The average molecular weight is 322 g/mol. The van der Waals surface area contributed by atoms with Crippen molar-refractivity contribution in [1.82, 2.24) is 0 Å². The Kier molecular flexibility index (Phi) is 4.86. The largest absolute Gasteiger partial charge is 0.393 e. The van der Waals surface area contributed by atoms with E-state index in [2.05, 4.69) is 26.0 Å². The Morgan fingerprint density at radius 1 is 1.04 bits per heavy atom. The molecule has 0 aliphatic heterocycles. The Labute approximate surface area is 144 Å². The highest BCUT2D eigenvalue weighted by Crippen LogP contribution is 2.48. The average Bonchev–Trinajstić information content (AvgIpc) is 2.64. The Bertz CT molecular complexity index is 680. The number of rotatable bonds is 4. The van der Waals surface area contributed by atoms with Crippen LogP contribution in [0.3, 0.4) is 0 Å². The van der Waals surface area contributed by atoms with Crippen molar-refractivity contribution in [1.29, 1.82) is 0 Å². The molecule has 3 rings (SSSR count). The molecule has 126 valence electrons. The molecule has 0 aromatic heterocycles. The number of benzene rings is 2. The van der Waals surface area contributed by atoms with E-state index in [1.165, 1.54) is 5.56 Å². The van der Waals surface area contributed by atoms with Crippen LogP contribution in [0.5, 0.6) is 0 Å². The number of hydrogen-bond acceptors (Lipinski definition) is 2. The van der Waals surface area contributed by atoms with Gasteiger partial charge >= 0.3 is 0 Å². The van der Waals surface area contributed by atoms with Crippen LogP contribution in [0.15, 0.2) is 60.7 Å². The molecule has 0 spiro atoms. The van der Waals surface area contributed by atoms with Crippen molar-refractivity contribution in [3.8, 4) is 0 Å². The standard InChI is InChI=1S/C22H26O2/c1-16-13-14-22(17(2)21(16)24,19-11-7-4-8-12-19)15-20(23)18-9-5-3-6-10-18/h3-12,16-17,21,24H,13-15H2,1-2H3. The van der Waals surface area contributed by atoms with Crippen molar-refractivity contribution in [3.05, 3.63) is 71.8 Å². The van der Waals surface area contributed by atoms with Gasteiger partial charge in [-0.05, 0) is 30.2 Å².